The van der Waals surface area contributed by atoms with Crippen molar-refractivity contribution in [2.24, 2.45) is 5.41 Å². The fraction of sp³-hybridized carbons (Fsp3) is 0.923. The molecule has 4 heteroatoms. The third-order valence-electron chi connectivity index (χ3n) is 2.61. The molecule has 3 nitrogen and oxygen atoms in total. The zero-order valence-electron chi connectivity index (χ0n) is 11.9. The number of nitrogens with zero attached hydrogens (tertiary/aromatic N) is 2. The molecule has 102 valence electrons. The number of hydrogen-bond acceptors (Lipinski definition) is 2. The number of rotatable bonds is 8. The Bertz CT molecular complexity index is 229. The molecule has 0 unspecified atom stereocenters. The molecule has 0 aliphatic heterocycles. The maximum atomic E-state index is 11.9. The molecule has 0 heterocycles. The zero-order valence-corrected chi connectivity index (χ0v) is 13.5. The fourth-order valence-electron chi connectivity index (χ4n) is 2.20. The zero-order chi connectivity index (χ0) is 13.5. The summed E-state index contributed by atoms with van der Waals surface area (Å²) < 4.78 is 0. The van der Waals surface area contributed by atoms with Crippen molar-refractivity contribution >= 4 is 21.8 Å². The summed E-state index contributed by atoms with van der Waals surface area (Å²) in [5, 5.41) is 0.982. The minimum absolute atomic E-state index is 0.142. The van der Waals surface area contributed by atoms with Crippen molar-refractivity contribution in [3.8, 4) is 0 Å². The summed E-state index contributed by atoms with van der Waals surface area (Å²) in [4.78, 5) is 15.9. The van der Waals surface area contributed by atoms with Gasteiger partial charge in [-0.15, -0.1) is 0 Å². The van der Waals surface area contributed by atoms with E-state index in [0.717, 1.165) is 31.3 Å². The fourth-order valence-corrected chi connectivity index (χ4v) is 2.59. The molecule has 1 amide bonds. The normalized spacial score (nSPS) is 11.9. The minimum atomic E-state index is 0.142. The van der Waals surface area contributed by atoms with Gasteiger partial charge in [-0.1, -0.05) is 29.8 Å². The lowest BCUT2D eigenvalue weighted by molar-refractivity contribution is -0.131. The molecule has 0 saturated heterocycles. The second-order valence-electron chi connectivity index (χ2n) is 5.80. The topological polar surface area (TPSA) is 23.6 Å². The summed E-state index contributed by atoms with van der Waals surface area (Å²) >= 11 is 3.38. The summed E-state index contributed by atoms with van der Waals surface area (Å²) in [6, 6.07) is 0. The van der Waals surface area contributed by atoms with E-state index in [1.54, 1.807) is 0 Å². The number of amides is 1. The molecular formula is C13H27BrN2O. The number of halogens is 1. The van der Waals surface area contributed by atoms with E-state index in [0.29, 0.717) is 6.42 Å². The van der Waals surface area contributed by atoms with Crippen molar-refractivity contribution in [1.29, 1.82) is 0 Å². The van der Waals surface area contributed by atoms with Gasteiger partial charge < -0.3 is 9.80 Å². The Morgan fingerprint density at radius 3 is 2.18 bits per heavy atom. The first kappa shape index (κ1) is 16.9. The Morgan fingerprint density at radius 1 is 1.12 bits per heavy atom. The molecule has 0 radical (unpaired) electrons. The lowest BCUT2D eigenvalue weighted by Crippen LogP contribution is -2.41. The van der Waals surface area contributed by atoms with Crippen LogP contribution in [0.25, 0.3) is 0 Å². The third-order valence-corrected chi connectivity index (χ3v) is 3.17. The molecule has 0 aliphatic carbocycles. The van der Waals surface area contributed by atoms with E-state index in [9.17, 15) is 4.79 Å². The smallest absolute Gasteiger partial charge is 0.222 e. The number of carbonyl (C=O) groups is 1. The Kier molecular flexibility index (Phi) is 8.05. The minimum Gasteiger partial charge on any atom is -0.345 e. The molecule has 0 bridgehead atoms. The van der Waals surface area contributed by atoms with Crippen LogP contribution in [-0.2, 0) is 4.79 Å². The molecule has 0 atom stereocenters. The van der Waals surface area contributed by atoms with Gasteiger partial charge in [0.1, 0.15) is 0 Å². The predicted molar refractivity (Wildman–Crippen MR) is 77.6 cm³/mol. The molecular weight excluding hydrogens is 280 g/mol. The van der Waals surface area contributed by atoms with Gasteiger partial charge in [0.2, 0.25) is 5.91 Å². The highest BCUT2D eigenvalue weighted by Gasteiger charge is 2.23. The van der Waals surface area contributed by atoms with Crippen molar-refractivity contribution in [3.05, 3.63) is 0 Å². The van der Waals surface area contributed by atoms with E-state index in [2.05, 4.69) is 48.8 Å². The molecule has 0 fully saturated rings. The number of alkyl halides is 1. The van der Waals surface area contributed by atoms with Crippen molar-refractivity contribution in [1.82, 2.24) is 9.80 Å². The maximum Gasteiger partial charge on any atom is 0.222 e. The SMILES string of the molecule is CN(C)CC(C)(C)CN(C)C(=O)CCCCBr. The highest BCUT2D eigenvalue weighted by molar-refractivity contribution is 9.09. The van der Waals surface area contributed by atoms with Gasteiger partial charge in [0.05, 0.1) is 0 Å². The van der Waals surface area contributed by atoms with Crippen LogP contribution >= 0.6 is 15.9 Å². The van der Waals surface area contributed by atoms with Crippen molar-refractivity contribution < 1.29 is 4.79 Å². The average molecular weight is 307 g/mol. The van der Waals surface area contributed by atoms with Gasteiger partial charge in [-0.2, -0.15) is 0 Å². The average Bonchev–Trinajstić information content (AvgIpc) is 2.14. The summed E-state index contributed by atoms with van der Waals surface area (Å²) in [5.74, 6) is 0.262. The molecule has 0 N–H and O–H groups in total. The van der Waals surface area contributed by atoms with Crippen LogP contribution in [0.1, 0.15) is 33.1 Å². The Balaban J connectivity index is 4.05. The molecule has 0 aromatic rings. The summed E-state index contributed by atoms with van der Waals surface area (Å²) in [6.07, 6.45) is 2.71. The molecule has 0 aromatic heterocycles. The van der Waals surface area contributed by atoms with Gasteiger partial charge >= 0.3 is 0 Å². The van der Waals surface area contributed by atoms with Crippen LogP contribution in [-0.4, -0.2) is 55.3 Å². The molecule has 0 saturated carbocycles. The van der Waals surface area contributed by atoms with Gasteiger partial charge in [-0.3, -0.25) is 4.79 Å². The van der Waals surface area contributed by atoms with Gasteiger partial charge in [-0.25, -0.2) is 0 Å². The molecule has 0 aromatic carbocycles. The second-order valence-corrected chi connectivity index (χ2v) is 6.59. The number of unbranched alkanes of at least 4 members (excludes halogenated alkanes) is 1. The summed E-state index contributed by atoms with van der Waals surface area (Å²) in [5.41, 5.74) is 0.142. The first-order chi connectivity index (χ1) is 7.78. The van der Waals surface area contributed by atoms with Gasteiger partial charge in [0.25, 0.3) is 0 Å². The van der Waals surface area contributed by atoms with Crippen LogP contribution in [0.4, 0.5) is 0 Å². The van der Waals surface area contributed by atoms with Gasteiger partial charge in [0, 0.05) is 31.9 Å². The van der Waals surface area contributed by atoms with E-state index in [4.69, 9.17) is 0 Å². The van der Waals surface area contributed by atoms with Crippen molar-refractivity contribution in [3.63, 3.8) is 0 Å². The van der Waals surface area contributed by atoms with Crippen LogP contribution in [0.15, 0.2) is 0 Å². The molecule has 17 heavy (non-hydrogen) atoms. The van der Waals surface area contributed by atoms with E-state index in [1.807, 2.05) is 11.9 Å². The largest absolute Gasteiger partial charge is 0.345 e. The molecule has 0 aliphatic rings. The first-order valence-corrected chi connectivity index (χ1v) is 7.35. The van der Waals surface area contributed by atoms with E-state index in [1.165, 1.54) is 0 Å². The number of carbonyl (C=O) groups excluding carboxylic acids is 1. The van der Waals surface area contributed by atoms with Crippen LogP contribution in [0, 0.1) is 5.41 Å². The Hall–Kier alpha value is -0.0900. The van der Waals surface area contributed by atoms with Crippen LogP contribution in [0.5, 0.6) is 0 Å². The van der Waals surface area contributed by atoms with Gasteiger partial charge in [-0.05, 0) is 32.4 Å². The monoisotopic (exact) mass is 306 g/mol. The lowest BCUT2D eigenvalue weighted by atomic mass is 9.92. The standard InChI is InChI=1S/C13H27BrN2O/c1-13(2,10-15(3)4)11-16(5)12(17)8-6-7-9-14/h6-11H2,1-5H3. The predicted octanol–water partition coefficient (Wildman–Crippen LogP) is 2.60. The molecule has 0 rings (SSSR count). The van der Waals surface area contributed by atoms with E-state index < -0.39 is 0 Å². The quantitative estimate of drug-likeness (QED) is 0.508. The Morgan fingerprint density at radius 2 is 1.71 bits per heavy atom. The number of hydrogen-bond donors (Lipinski definition) is 0. The second kappa shape index (κ2) is 8.09. The van der Waals surface area contributed by atoms with E-state index in [-0.39, 0.29) is 11.3 Å². The summed E-state index contributed by atoms with van der Waals surface area (Å²) in [7, 11) is 6.05. The highest BCUT2D eigenvalue weighted by atomic mass is 79.9. The van der Waals surface area contributed by atoms with Crippen molar-refractivity contribution in [2.45, 2.75) is 33.1 Å². The third kappa shape index (κ3) is 8.61. The van der Waals surface area contributed by atoms with Crippen LogP contribution in [0.3, 0.4) is 0 Å². The summed E-state index contributed by atoms with van der Waals surface area (Å²) in [6.45, 7) is 6.22. The maximum absolute atomic E-state index is 11.9. The first-order valence-electron chi connectivity index (χ1n) is 6.23. The highest BCUT2D eigenvalue weighted by Crippen LogP contribution is 2.17. The van der Waals surface area contributed by atoms with Crippen LogP contribution in [0.2, 0.25) is 0 Å². The lowest BCUT2D eigenvalue weighted by Gasteiger charge is -2.32. The van der Waals surface area contributed by atoms with Crippen molar-refractivity contribution in [2.75, 3.05) is 39.6 Å². The van der Waals surface area contributed by atoms with E-state index >= 15 is 0 Å². The Labute approximate surface area is 115 Å². The molecule has 0 spiro atoms. The van der Waals surface area contributed by atoms with Gasteiger partial charge in [0.15, 0.2) is 0 Å². The van der Waals surface area contributed by atoms with Crippen LogP contribution < -0.4 is 0 Å².